The van der Waals surface area contributed by atoms with Crippen molar-refractivity contribution in [2.75, 3.05) is 19.5 Å². The molecule has 32 heavy (non-hydrogen) atoms. The minimum absolute atomic E-state index is 0.0105. The molecule has 4 rings (SSSR count). The number of anilines is 1. The number of phenols is 1. The maximum Gasteiger partial charge on any atom is 0.257 e. The molecule has 166 valence electrons. The lowest BCUT2D eigenvalue weighted by Crippen LogP contribution is -2.31. The molecule has 1 atom stereocenters. The van der Waals surface area contributed by atoms with E-state index in [1.54, 1.807) is 30.3 Å². The van der Waals surface area contributed by atoms with Crippen molar-refractivity contribution in [1.29, 1.82) is 0 Å². The zero-order chi connectivity index (χ0) is 22.8. The van der Waals surface area contributed by atoms with E-state index >= 15 is 0 Å². The molecule has 2 heterocycles. The van der Waals surface area contributed by atoms with Gasteiger partial charge in [-0.1, -0.05) is 30.0 Å². The highest BCUT2D eigenvalue weighted by Crippen LogP contribution is 2.43. The van der Waals surface area contributed by atoms with E-state index in [-0.39, 0.29) is 57.7 Å². The van der Waals surface area contributed by atoms with Crippen LogP contribution in [0.5, 0.6) is 17.2 Å². The zero-order valence-corrected chi connectivity index (χ0v) is 18.1. The predicted octanol–water partition coefficient (Wildman–Crippen LogP) is 3.40. The maximum atomic E-state index is 13.9. The van der Waals surface area contributed by atoms with Gasteiger partial charge in [0.05, 0.1) is 19.8 Å². The van der Waals surface area contributed by atoms with Crippen LogP contribution in [0.1, 0.15) is 29.0 Å². The fourth-order valence-corrected chi connectivity index (χ4v) is 4.43. The molecule has 3 aromatic rings. The first-order chi connectivity index (χ1) is 15.4. The molecule has 1 aliphatic heterocycles. The maximum absolute atomic E-state index is 13.9. The Kier molecular flexibility index (Phi) is 6.04. The number of thioether (sulfide) groups is 1. The Hall–Kier alpha value is -3.53. The van der Waals surface area contributed by atoms with Crippen molar-refractivity contribution in [2.24, 2.45) is 0 Å². The zero-order valence-electron chi connectivity index (χ0n) is 17.3. The Bertz CT molecular complexity index is 1220. The summed E-state index contributed by atoms with van der Waals surface area (Å²) in [5.74, 6) is -0.715. The van der Waals surface area contributed by atoms with Gasteiger partial charge in [0.1, 0.15) is 11.6 Å². The van der Waals surface area contributed by atoms with Crippen LogP contribution in [-0.2, 0) is 10.5 Å². The van der Waals surface area contributed by atoms with E-state index in [1.165, 1.54) is 20.3 Å². The third-order valence-corrected chi connectivity index (χ3v) is 6.08. The number of nitrogens with zero attached hydrogens (tertiary/aromatic N) is 1. The van der Waals surface area contributed by atoms with Gasteiger partial charge in [0.25, 0.3) is 5.56 Å². The molecule has 10 heteroatoms. The Morgan fingerprint density at radius 3 is 2.53 bits per heavy atom. The van der Waals surface area contributed by atoms with Gasteiger partial charge < -0.3 is 24.9 Å². The summed E-state index contributed by atoms with van der Waals surface area (Å²) < 4.78 is 24.3. The van der Waals surface area contributed by atoms with Gasteiger partial charge in [0, 0.05) is 18.1 Å². The van der Waals surface area contributed by atoms with E-state index in [9.17, 15) is 19.1 Å². The number of rotatable bonds is 6. The van der Waals surface area contributed by atoms with Gasteiger partial charge in [-0.3, -0.25) is 9.59 Å². The number of benzene rings is 2. The molecular weight excluding hydrogens is 437 g/mol. The lowest BCUT2D eigenvalue weighted by molar-refractivity contribution is -0.116. The van der Waals surface area contributed by atoms with E-state index in [2.05, 4.69) is 15.3 Å². The predicted molar refractivity (Wildman–Crippen MR) is 117 cm³/mol. The van der Waals surface area contributed by atoms with Gasteiger partial charge >= 0.3 is 0 Å². The first-order valence-corrected chi connectivity index (χ1v) is 10.6. The number of aromatic hydroxyl groups is 1. The number of phenolic OH excluding ortho intramolecular Hbond substituents is 1. The number of ether oxygens (including phenoxy) is 2. The highest BCUT2D eigenvalue weighted by molar-refractivity contribution is 7.98. The summed E-state index contributed by atoms with van der Waals surface area (Å²) in [5.41, 5.74) is 0.909. The first kappa shape index (κ1) is 21.7. The molecule has 0 bridgehead atoms. The number of hydrogen-bond acceptors (Lipinski definition) is 7. The van der Waals surface area contributed by atoms with Crippen LogP contribution in [0.25, 0.3) is 0 Å². The fraction of sp³-hybridized carbons (Fsp3) is 0.227. The lowest BCUT2D eigenvalue weighted by atomic mass is 9.86. The molecule has 0 spiro atoms. The molecule has 0 saturated carbocycles. The first-order valence-electron chi connectivity index (χ1n) is 9.66. The summed E-state index contributed by atoms with van der Waals surface area (Å²) in [4.78, 5) is 32.5. The van der Waals surface area contributed by atoms with Crippen molar-refractivity contribution in [3.63, 3.8) is 0 Å². The highest BCUT2D eigenvalue weighted by Gasteiger charge is 2.32. The van der Waals surface area contributed by atoms with Crippen molar-refractivity contribution in [3.05, 3.63) is 69.3 Å². The van der Waals surface area contributed by atoms with Crippen LogP contribution in [0.4, 0.5) is 10.2 Å². The molecule has 1 amide bonds. The normalized spacial score (nSPS) is 15.1. The summed E-state index contributed by atoms with van der Waals surface area (Å²) in [5, 5.41) is 13.1. The molecule has 0 radical (unpaired) electrons. The molecule has 0 saturated heterocycles. The van der Waals surface area contributed by atoms with Crippen LogP contribution in [-0.4, -0.2) is 35.2 Å². The van der Waals surface area contributed by atoms with Gasteiger partial charge in [-0.05, 0) is 29.3 Å². The second-order valence-corrected chi connectivity index (χ2v) is 8.06. The number of methoxy groups -OCH3 is 2. The number of aromatic amines is 1. The number of hydrogen-bond donors (Lipinski definition) is 3. The molecule has 8 nitrogen and oxygen atoms in total. The van der Waals surface area contributed by atoms with Gasteiger partial charge in [-0.15, -0.1) is 0 Å². The molecule has 0 fully saturated rings. The summed E-state index contributed by atoms with van der Waals surface area (Å²) in [7, 11) is 2.79. The van der Waals surface area contributed by atoms with E-state index < -0.39 is 11.5 Å². The second kappa shape index (κ2) is 8.91. The molecule has 1 aliphatic rings. The largest absolute Gasteiger partial charge is 0.502 e. The number of nitrogens with one attached hydrogen (secondary N) is 2. The average molecular weight is 457 g/mol. The van der Waals surface area contributed by atoms with Crippen molar-refractivity contribution < 1.29 is 23.8 Å². The third kappa shape index (κ3) is 4.13. The molecule has 1 aromatic heterocycles. The smallest absolute Gasteiger partial charge is 0.257 e. The number of halogens is 1. The highest BCUT2D eigenvalue weighted by atomic mass is 32.2. The Balaban J connectivity index is 1.71. The average Bonchev–Trinajstić information content (AvgIpc) is 2.78. The quantitative estimate of drug-likeness (QED) is 0.384. The van der Waals surface area contributed by atoms with E-state index in [1.807, 2.05) is 0 Å². The van der Waals surface area contributed by atoms with Crippen LogP contribution >= 0.6 is 11.8 Å². The minimum Gasteiger partial charge on any atom is -0.502 e. The summed E-state index contributed by atoms with van der Waals surface area (Å²) in [6.07, 6.45) is 0.0105. The van der Waals surface area contributed by atoms with E-state index in [4.69, 9.17) is 9.47 Å². The van der Waals surface area contributed by atoms with Crippen molar-refractivity contribution in [2.45, 2.75) is 23.2 Å². The summed E-state index contributed by atoms with van der Waals surface area (Å²) in [6.45, 7) is 0. The van der Waals surface area contributed by atoms with Crippen LogP contribution in [0, 0.1) is 5.82 Å². The molecule has 3 N–H and O–H groups in total. The van der Waals surface area contributed by atoms with Crippen LogP contribution in [0.3, 0.4) is 0 Å². The van der Waals surface area contributed by atoms with Crippen LogP contribution < -0.4 is 20.3 Å². The third-order valence-electron chi connectivity index (χ3n) is 5.16. The standard InChI is InChI=1S/C22H20FN3O5S/c1-30-15-7-12(8-16(31-2)19(15)28)13-9-17(27)24-20-18(13)21(29)26-22(25-20)32-10-11-5-3-4-6-14(11)23/h3-8,13,28H,9-10H2,1-2H3,(H2,24,25,26,27,29)/t13-/m1/s1. The molecule has 0 aliphatic carbocycles. The van der Waals surface area contributed by atoms with Crippen molar-refractivity contribution in [3.8, 4) is 17.2 Å². The number of aromatic nitrogens is 2. The number of fused-ring (bicyclic) bond motifs is 1. The molecule has 0 unspecified atom stereocenters. The summed E-state index contributed by atoms with van der Waals surface area (Å²) in [6, 6.07) is 9.47. The van der Waals surface area contributed by atoms with Gasteiger partial charge in [-0.25, -0.2) is 9.37 Å². The monoisotopic (exact) mass is 457 g/mol. The Morgan fingerprint density at radius 1 is 1.19 bits per heavy atom. The lowest BCUT2D eigenvalue weighted by Gasteiger charge is -2.25. The number of carbonyl (C=O) groups is 1. The van der Waals surface area contributed by atoms with Gasteiger partial charge in [0.15, 0.2) is 16.7 Å². The Morgan fingerprint density at radius 2 is 1.88 bits per heavy atom. The minimum atomic E-state index is -0.621. The van der Waals surface area contributed by atoms with Crippen LogP contribution in [0.2, 0.25) is 0 Å². The topological polar surface area (TPSA) is 114 Å². The Labute approximate surface area is 186 Å². The number of amides is 1. The molecular formula is C22H20FN3O5S. The SMILES string of the molecule is COc1cc([C@H]2CC(=O)Nc3nc(SCc4ccccc4F)[nH]c(=O)c32)cc(OC)c1O. The van der Waals surface area contributed by atoms with Crippen molar-refractivity contribution >= 4 is 23.5 Å². The molecule has 2 aromatic carbocycles. The van der Waals surface area contributed by atoms with Gasteiger partial charge in [-0.2, -0.15) is 0 Å². The van der Waals surface area contributed by atoms with E-state index in [0.717, 1.165) is 11.8 Å². The van der Waals surface area contributed by atoms with E-state index in [0.29, 0.717) is 11.1 Å². The van der Waals surface area contributed by atoms with Crippen molar-refractivity contribution in [1.82, 2.24) is 9.97 Å². The van der Waals surface area contributed by atoms with Crippen LogP contribution in [0.15, 0.2) is 46.3 Å². The fourth-order valence-electron chi connectivity index (χ4n) is 3.58. The van der Waals surface area contributed by atoms with Gasteiger partial charge in [0.2, 0.25) is 11.7 Å². The number of H-pyrrole nitrogens is 1. The second-order valence-electron chi connectivity index (χ2n) is 7.09. The number of carbonyl (C=O) groups excluding carboxylic acids is 1. The summed E-state index contributed by atoms with van der Waals surface area (Å²) >= 11 is 1.16.